The molecule has 0 radical (unpaired) electrons. The first kappa shape index (κ1) is 17.3. The second-order valence-electron chi connectivity index (χ2n) is 6.44. The fourth-order valence-electron chi connectivity index (χ4n) is 2.87. The molecule has 1 N–H and O–H groups in total. The van der Waals surface area contributed by atoms with Crippen molar-refractivity contribution in [1.82, 2.24) is 19.3 Å². The number of ether oxygens (including phenoxy) is 1. The number of anilines is 1. The summed E-state index contributed by atoms with van der Waals surface area (Å²) in [7, 11) is 0. The van der Waals surface area contributed by atoms with Crippen molar-refractivity contribution >= 4 is 11.6 Å². The zero-order valence-electron chi connectivity index (χ0n) is 14.6. The van der Waals surface area contributed by atoms with Crippen molar-refractivity contribution in [3.8, 4) is 0 Å². The maximum atomic E-state index is 12.2. The molecular formula is C17H23N5O3. The summed E-state index contributed by atoms with van der Waals surface area (Å²) in [6.45, 7) is 5.83. The van der Waals surface area contributed by atoms with Crippen molar-refractivity contribution in [3.05, 3.63) is 40.3 Å². The Morgan fingerprint density at radius 3 is 2.88 bits per heavy atom. The monoisotopic (exact) mass is 345 g/mol. The number of carbonyl (C=O) groups is 1. The van der Waals surface area contributed by atoms with Gasteiger partial charge < -0.3 is 10.1 Å². The van der Waals surface area contributed by atoms with E-state index in [1.807, 2.05) is 10.9 Å². The highest BCUT2D eigenvalue weighted by Crippen LogP contribution is 2.17. The number of rotatable bonds is 5. The summed E-state index contributed by atoms with van der Waals surface area (Å²) in [5.74, 6) is 0.273. The van der Waals surface area contributed by atoms with Crippen LogP contribution in [0.2, 0.25) is 0 Å². The molecule has 3 rings (SSSR count). The Bertz CT molecular complexity index is 805. The van der Waals surface area contributed by atoms with Crippen LogP contribution in [-0.2, 0) is 22.6 Å². The average Bonchev–Trinajstić information content (AvgIpc) is 3.03. The number of aryl methyl sites for hydroxylation is 1. The van der Waals surface area contributed by atoms with Crippen LogP contribution in [0.15, 0.2) is 23.5 Å². The highest BCUT2D eigenvalue weighted by atomic mass is 16.5. The van der Waals surface area contributed by atoms with E-state index in [4.69, 9.17) is 4.74 Å². The Morgan fingerprint density at radius 2 is 2.12 bits per heavy atom. The zero-order chi connectivity index (χ0) is 17.8. The number of hydrogen-bond acceptors (Lipinski definition) is 5. The summed E-state index contributed by atoms with van der Waals surface area (Å²) < 4.78 is 8.51. The standard InChI is InChI=1S/C17H23N5O3/c1-12-13(2)18-11-21(17(12)24)10-16(23)20-15-7-19-22(9-15)8-14-3-5-25-6-4-14/h7,9,11,14H,3-6,8,10H2,1-2H3,(H,20,23). The van der Waals surface area contributed by atoms with Gasteiger partial charge in [0.15, 0.2) is 0 Å². The van der Waals surface area contributed by atoms with E-state index in [1.165, 1.54) is 10.9 Å². The van der Waals surface area contributed by atoms with Crippen molar-refractivity contribution in [2.24, 2.45) is 5.92 Å². The molecule has 1 aliphatic heterocycles. The van der Waals surface area contributed by atoms with Crippen LogP contribution in [0.5, 0.6) is 0 Å². The zero-order valence-corrected chi connectivity index (χ0v) is 14.6. The molecule has 0 spiro atoms. The van der Waals surface area contributed by atoms with Gasteiger partial charge in [-0.15, -0.1) is 0 Å². The molecule has 2 aromatic rings. The largest absolute Gasteiger partial charge is 0.381 e. The maximum Gasteiger partial charge on any atom is 0.256 e. The van der Waals surface area contributed by atoms with Crippen LogP contribution >= 0.6 is 0 Å². The lowest BCUT2D eigenvalue weighted by Crippen LogP contribution is -2.29. The predicted octanol–water partition coefficient (Wildman–Crippen LogP) is 1.12. The molecule has 1 saturated heterocycles. The van der Waals surface area contributed by atoms with Gasteiger partial charge in [-0.2, -0.15) is 5.10 Å². The van der Waals surface area contributed by atoms with Crippen molar-refractivity contribution in [1.29, 1.82) is 0 Å². The number of nitrogens with zero attached hydrogens (tertiary/aromatic N) is 4. The van der Waals surface area contributed by atoms with E-state index in [9.17, 15) is 9.59 Å². The third-order valence-electron chi connectivity index (χ3n) is 4.53. The summed E-state index contributed by atoms with van der Waals surface area (Å²) in [5.41, 5.74) is 1.66. The Balaban J connectivity index is 1.58. The van der Waals surface area contributed by atoms with Gasteiger partial charge in [0.05, 0.1) is 18.2 Å². The second-order valence-corrected chi connectivity index (χ2v) is 6.44. The molecule has 0 saturated carbocycles. The number of aromatic nitrogens is 4. The van der Waals surface area contributed by atoms with Gasteiger partial charge >= 0.3 is 0 Å². The van der Waals surface area contributed by atoms with Gasteiger partial charge in [-0.1, -0.05) is 0 Å². The number of hydrogen-bond donors (Lipinski definition) is 1. The van der Waals surface area contributed by atoms with E-state index in [0.29, 0.717) is 22.9 Å². The third kappa shape index (κ3) is 4.33. The van der Waals surface area contributed by atoms with E-state index in [0.717, 1.165) is 32.6 Å². The van der Waals surface area contributed by atoms with E-state index >= 15 is 0 Å². The summed E-state index contributed by atoms with van der Waals surface area (Å²) in [4.78, 5) is 28.4. The highest BCUT2D eigenvalue weighted by Gasteiger charge is 2.15. The van der Waals surface area contributed by atoms with Crippen molar-refractivity contribution in [2.75, 3.05) is 18.5 Å². The number of amides is 1. The number of nitrogens with one attached hydrogen (secondary N) is 1. The summed E-state index contributed by atoms with van der Waals surface area (Å²) in [5, 5.41) is 7.07. The van der Waals surface area contributed by atoms with Gasteiger partial charge in [-0.05, 0) is 32.6 Å². The van der Waals surface area contributed by atoms with Crippen LogP contribution < -0.4 is 10.9 Å². The molecule has 1 fully saturated rings. The molecule has 0 bridgehead atoms. The first-order valence-corrected chi connectivity index (χ1v) is 8.45. The molecule has 0 atom stereocenters. The molecule has 25 heavy (non-hydrogen) atoms. The Hall–Kier alpha value is -2.48. The van der Waals surface area contributed by atoms with Crippen molar-refractivity contribution < 1.29 is 9.53 Å². The summed E-state index contributed by atoms with van der Waals surface area (Å²) >= 11 is 0. The topological polar surface area (TPSA) is 91.0 Å². The lowest BCUT2D eigenvalue weighted by Gasteiger charge is -2.21. The van der Waals surface area contributed by atoms with Gasteiger partial charge in [0, 0.05) is 37.2 Å². The minimum Gasteiger partial charge on any atom is -0.381 e. The third-order valence-corrected chi connectivity index (χ3v) is 4.53. The Labute approximate surface area is 145 Å². The molecule has 1 amide bonds. The molecule has 8 nitrogen and oxygen atoms in total. The van der Waals surface area contributed by atoms with Crippen molar-refractivity contribution in [3.63, 3.8) is 0 Å². The molecule has 0 unspecified atom stereocenters. The molecular weight excluding hydrogens is 322 g/mol. The van der Waals surface area contributed by atoms with Gasteiger partial charge in [0.25, 0.3) is 5.56 Å². The van der Waals surface area contributed by atoms with Crippen LogP contribution in [0.3, 0.4) is 0 Å². The quantitative estimate of drug-likeness (QED) is 0.877. The molecule has 134 valence electrons. The van der Waals surface area contributed by atoms with Gasteiger partial charge in [-0.3, -0.25) is 18.8 Å². The second kappa shape index (κ2) is 7.60. The van der Waals surface area contributed by atoms with Crippen LogP contribution in [0.4, 0.5) is 5.69 Å². The SMILES string of the molecule is Cc1ncn(CC(=O)Nc2cnn(CC3CCOCC3)c2)c(=O)c1C. The molecule has 0 aliphatic carbocycles. The number of carbonyl (C=O) groups excluding carboxylic acids is 1. The highest BCUT2D eigenvalue weighted by molar-refractivity contribution is 5.90. The van der Waals surface area contributed by atoms with E-state index in [-0.39, 0.29) is 18.0 Å². The predicted molar refractivity (Wildman–Crippen MR) is 92.4 cm³/mol. The average molecular weight is 345 g/mol. The fraction of sp³-hybridized carbons (Fsp3) is 0.529. The Morgan fingerprint density at radius 1 is 1.36 bits per heavy atom. The first-order valence-electron chi connectivity index (χ1n) is 8.45. The molecule has 0 aromatic carbocycles. The van der Waals surface area contributed by atoms with Crippen molar-refractivity contribution in [2.45, 2.75) is 39.8 Å². The normalized spacial score (nSPS) is 15.3. The van der Waals surface area contributed by atoms with Crippen LogP contribution in [0.1, 0.15) is 24.1 Å². The smallest absolute Gasteiger partial charge is 0.256 e. The Kier molecular flexibility index (Phi) is 5.28. The van der Waals surface area contributed by atoms with E-state index in [2.05, 4.69) is 15.4 Å². The van der Waals surface area contributed by atoms with Crippen LogP contribution in [0.25, 0.3) is 0 Å². The summed E-state index contributed by atoms with van der Waals surface area (Å²) in [6.07, 6.45) is 6.90. The first-order chi connectivity index (χ1) is 12.0. The molecule has 8 heteroatoms. The lowest BCUT2D eigenvalue weighted by molar-refractivity contribution is -0.116. The summed E-state index contributed by atoms with van der Waals surface area (Å²) in [6, 6.07) is 0. The van der Waals surface area contributed by atoms with Gasteiger partial charge in [-0.25, -0.2) is 4.98 Å². The van der Waals surface area contributed by atoms with Gasteiger partial charge in [0.1, 0.15) is 6.54 Å². The fourth-order valence-corrected chi connectivity index (χ4v) is 2.87. The van der Waals surface area contributed by atoms with E-state index in [1.54, 1.807) is 20.0 Å². The van der Waals surface area contributed by atoms with Crippen LogP contribution in [-0.4, -0.2) is 38.5 Å². The van der Waals surface area contributed by atoms with Crippen LogP contribution in [0, 0.1) is 19.8 Å². The van der Waals surface area contributed by atoms with Gasteiger partial charge in [0.2, 0.25) is 5.91 Å². The molecule has 2 aromatic heterocycles. The minimum atomic E-state index is -0.280. The lowest BCUT2D eigenvalue weighted by atomic mass is 10.0. The molecule has 3 heterocycles. The minimum absolute atomic E-state index is 0.0713. The van der Waals surface area contributed by atoms with E-state index < -0.39 is 0 Å². The maximum absolute atomic E-state index is 12.2. The molecule has 1 aliphatic rings.